The summed E-state index contributed by atoms with van der Waals surface area (Å²) in [6, 6.07) is 11.0. The molecule has 136 valence electrons. The number of nitrogens with zero attached hydrogens (tertiary/aromatic N) is 2. The number of amides is 3. The van der Waals surface area contributed by atoms with E-state index in [1.165, 1.54) is 24.3 Å². The van der Waals surface area contributed by atoms with Crippen molar-refractivity contribution in [1.29, 1.82) is 0 Å². The molecule has 3 amide bonds. The number of nitrogens with one attached hydrogen (secondary N) is 1. The molecule has 0 radical (unpaired) electrons. The summed E-state index contributed by atoms with van der Waals surface area (Å²) in [4.78, 5) is 28.2. The second-order valence-corrected chi connectivity index (χ2v) is 7.03. The highest BCUT2D eigenvalue weighted by Gasteiger charge is 2.25. The summed E-state index contributed by atoms with van der Waals surface area (Å²) in [6.45, 7) is 3.77. The molecule has 0 bridgehead atoms. The van der Waals surface area contributed by atoms with Crippen molar-refractivity contribution in [3.05, 3.63) is 63.9 Å². The Hall–Kier alpha value is -2.41. The minimum atomic E-state index is -0.370. The summed E-state index contributed by atoms with van der Waals surface area (Å²) < 4.78 is 13.9. The summed E-state index contributed by atoms with van der Waals surface area (Å²) in [5.74, 6) is -0.515. The zero-order chi connectivity index (χ0) is 18.7. The molecule has 0 spiro atoms. The number of piperazine rings is 1. The summed E-state index contributed by atoms with van der Waals surface area (Å²) in [5.41, 5.74) is 2.27. The van der Waals surface area contributed by atoms with Gasteiger partial charge in [0.05, 0.1) is 0 Å². The van der Waals surface area contributed by atoms with Gasteiger partial charge >= 0.3 is 6.03 Å². The number of hydrogen-bond acceptors (Lipinski definition) is 2. The van der Waals surface area contributed by atoms with Gasteiger partial charge in [-0.2, -0.15) is 0 Å². The minimum Gasteiger partial charge on any atom is -0.335 e. The van der Waals surface area contributed by atoms with E-state index in [1.54, 1.807) is 9.80 Å². The third kappa shape index (κ3) is 4.22. The summed E-state index contributed by atoms with van der Waals surface area (Å²) in [5, 5.41) is 2.87. The van der Waals surface area contributed by atoms with Crippen molar-refractivity contribution >= 4 is 33.6 Å². The third-order valence-electron chi connectivity index (χ3n) is 4.37. The van der Waals surface area contributed by atoms with Crippen LogP contribution in [0, 0.1) is 12.7 Å². The smallest absolute Gasteiger partial charge is 0.321 e. The molecule has 1 aliphatic rings. The van der Waals surface area contributed by atoms with Crippen LogP contribution in [0.5, 0.6) is 0 Å². The molecule has 0 unspecified atom stereocenters. The lowest BCUT2D eigenvalue weighted by molar-refractivity contribution is 0.0671. The van der Waals surface area contributed by atoms with Crippen LogP contribution >= 0.6 is 15.9 Å². The molecule has 0 atom stereocenters. The van der Waals surface area contributed by atoms with Crippen LogP contribution in [0.4, 0.5) is 14.9 Å². The Labute approximate surface area is 159 Å². The standard InChI is InChI=1S/C19H19BrFN3O2/c1-13-2-7-16(12-17(13)20)22-19(26)24-10-8-23(9-11-24)18(25)14-3-5-15(21)6-4-14/h2-7,12H,8-11H2,1H3,(H,22,26). The molecular weight excluding hydrogens is 401 g/mol. The fourth-order valence-corrected chi connectivity index (χ4v) is 3.14. The highest BCUT2D eigenvalue weighted by molar-refractivity contribution is 9.10. The number of rotatable bonds is 2. The molecule has 0 aromatic heterocycles. The Morgan fingerprint density at radius 3 is 2.23 bits per heavy atom. The van der Waals surface area contributed by atoms with E-state index in [0.717, 1.165) is 15.7 Å². The molecule has 1 aliphatic heterocycles. The Morgan fingerprint density at radius 1 is 1.00 bits per heavy atom. The Bertz CT molecular complexity index is 818. The predicted octanol–water partition coefficient (Wildman–Crippen LogP) is 3.89. The van der Waals surface area contributed by atoms with Gasteiger partial charge in [-0.25, -0.2) is 9.18 Å². The van der Waals surface area contributed by atoms with E-state index in [1.807, 2.05) is 25.1 Å². The summed E-state index contributed by atoms with van der Waals surface area (Å²) >= 11 is 3.45. The molecular formula is C19H19BrFN3O2. The number of aryl methyl sites for hydroxylation is 1. The molecule has 1 fully saturated rings. The first-order valence-corrected chi connectivity index (χ1v) is 9.10. The van der Waals surface area contributed by atoms with Crippen LogP contribution in [-0.2, 0) is 0 Å². The molecule has 26 heavy (non-hydrogen) atoms. The number of carbonyl (C=O) groups excluding carboxylic acids is 2. The number of anilines is 1. The normalized spacial score (nSPS) is 14.3. The molecule has 0 aliphatic carbocycles. The minimum absolute atomic E-state index is 0.146. The first kappa shape index (κ1) is 18.4. The van der Waals surface area contributed by atoms with Gasteiger partial charge in [-0.05, 0) is 48.9 Å². The van der Waals surface area contributed by atoms with Crippen molar-refractivity contribution in [3.63, 3.8) is 0 Å². The molecule has 2 aromatic rings. The van der Waals surface area contributed by atoms with Crippen molar-refractivity contribution in [2.24, 2.45) is 0 Å². The highest BCUT2D eigenvalue weighted by Crippen LogP contribution is 2.21. The zero-order valence-corrected chi connectivity index (χ0v) is 15.9. The van der Waals surface area contributed by atoms with E-state index in [2.05, 4.69) is 21.2 Å². The fourth-order valence-electron chi connectivity index (χ4n) is 2.76. The monoisotopic (exact) mass is 419 g/mol. The highest BCUT2D eigenvalue weighted by atomic mass is 79.9. The van der Waals surface area contributed by atoms with Crippen LogP contribution in [0.25, 0.3) is 0 Å². The van der Waals surface area contributed by atoms with Gasteiger partial charge < -0.3 is 15.1 Å². The lowest BCUT2D eigenvalue weighted by atomic mass is 10.2. The summed E-state index contributed by atoms with van der Waals surface area (Å²) in [6.07, 6.45) is 0. The maximum atomic E-state index is 13.0. The first-order valence-electron chi connectivity index (χ1n) is 8.31. The number of hydrogen-bond donors (Lipinski definition) is 1. The number of halogens is 2. The van der Waals surface area contributed by atoms with Gasteiger partial charge in [0.15, 0.2) is 0 Å². The van der Waals surface area contributed by atoms with Gasteiger partial charge in [0.25, 0.3) is 5.91 Å². The van der Waals surface area contributed by atoms with Gasteiger partial charge in [0.2, 0.25) is 0 Å². The zero-order valence-electron chi connectivity index (χ0n) is 14.3. The first-order chi connectivity index (χ1) is 12.4. The predicted molar refractivity (Wildman–Crippen MR) is 102 cm³/mol. The maximum absolute atomic E-state index is 13.0. The van der Waals surface area contributed by atoms with E-state index < -0.39 is 0 Å². The topological polar surface area (TPSA) is 52.7 Å². The fraction of sp³-hybridized carbons (Fsp3) is 0.263. The maximum Gasteiger partial charge on any atom is 0.321 e. The van der Waals surface area contributed by atoms with Crippen LogP contribution in [0.2, 0.25) is 0 Å². The third-order valence-corrected chi connectivity index (χ3v) is 5.22. The van der Waals surface area contributed by atoms with Crippen molar-refractivity contribution in [3.8, 4) is 0 Å². The van der Waals surface area contributed by atoms with Crippen molar-refractivity contribution < 1.29 is 14.0 Å². The van der Waals surface area contributed by atoms with Gasteiger partial charge in [-0.1, -0.05) is 22.0 Å². The van der Waals surface area contributed by atoms with E-state index in [0.29, 0.717) is 31.7 Å². The van der Waals surface area contributed by atoms with E-state index in [-0.39, 0.29) is 17.8 Å². The average molecular weight is 420 g/mol. The van der Waals surface area contributed by atoms with Crippen LogP contribution in [0.3, 0.4) is 0 Å². The van der Waals surface area contributed by atoms with Crippen molar-refractivity contribution in [2.75, 3.05) is 31.5 Å². The lowest BCUT2D eigenvalue weighted by Gasteiger charge is -2.34. The molecule has 3 rings (SSSR count). The SMILES string of the molecule is Cc1ccc(NC(=O)N2CCN(C(=O)c3ccc(F)cc3)CC2)cc1Br. The van der Waals surface area contributed by atoms with Gasteiger partial charge in [0.1, 0.15) is 5.82 Å². The second-order valence-electron chi connectivity index (χ2n) is 6.18. The Morgan fingerprint density at radius 2 is 1.62 bits per heavy atom. The average Bonchev–Trinajstić information content (AvgIpc) is 2.65. The van der Waals surface area contributed by atoms with Gasteiger partial charge in [-0.3, -0.25) is 4.79 Å². The Balaban J connectivity index is 1.55. The molecule has 5 nitrogen and oxygen atoms in total. The number of carbonyl (C=O) groups is 2. The van der Waals surface area contributed by atoms with Crippen molar-refractivity contribution in [1.82, 2.24) is 9.80 Å². The molecule has 7 heteroatoms. The molecule has 0 saturated carbocycles. The molecule has 1 saturated heterocycles. The van der Waals surface area contributed by atoms with E-state index in [9.17, 15) is 14.0 Å². The van der Waals surface area contributed by atoms with Crippen LogP contribution in [-0.4, -0.2) is 47.9 Å². The summed E-state index contributed by atoms with van der Waals surface area (Å²) in [7, 11) is 0. The Kier molecular flexibility index (Phi) is 5.56. The molecule has 1 heterocycles. The van der Waals surface area contributed by atoms with Crippen LogP contribution in [0.15, 0.2) is 46.9 Å². The number of benzene rings is 2. The van der Waals surface area contributed by atoms with Gasteiger partial charge in [-0.15, -0.1) is 0 Å². The number of urea groups is 1. The van der Waals surface area contributed by atoms with Gasteiger partial charge in [0, 0.05) is 41.9 Å². The quantitative estimate of drug-likeness (QED) is 0.802. The molecule has 2 aromatic carbocycles. The largest absolute Gasteiger partial charge is 0.335 e. The lowest BCUT2D eigenvalue weighted by Crippen LogP contribution is -2.51. The second kappa shape index (κ2) is 7.86. The van der Waals surface area contributed by atoms with E-state index in [4.69, 9.17) is 0 Å². The van der Waals surface area contributed by atoms with Crippen molar-refractivity contribution in [2.45, 2.75) is 6.92 Å². The van der Waals surface area contributed by atoms with Crippen LogP contribution < -0.4 is 5.32 Å². The molecule has 1 N–H and O–H groups in total. The van der Waals surface area contributed by atoms with E-state index >= 15 is 0 Å². The van der Waals surface area contributed by atoms with Crippen LogP contribution in [0.1, 0.15) is 15.9 Å².